The van der Waals surface area contributed by atoms with Crippen molar-refractivity contribution in [3.05, 3.63) is 29.0 Å². The van der Waals surface area contributed by atoms with Crippen LogP contribution >= 0.6 is 11.3 Å². The lowest BCUT2D eigenvalue weighted by molar-refractivity contribution is -0.162. The van der Waals surface area contributed by atoms with E-state index in [4.69, 9.17) is 13.9 Å². The van der Waals surface area contributed by atoms with E-state index in [9.17, 15) is 9.59 Å². The summed E-state index contributed by atoms with van der Waals surface area (Å²) in [5.41, 5.74) is -0.00383. The Morgan fingerprint density at radius 2 is 2.30 bits per heavy atom. The molecule has 0 N–H and O–H groups in total. The van der Waals surface area contributed by atoms with Crippen LogP contribution in [0.2, 0.25) is 0 Å². The van der Waals surface area contributed by atoms with E-state index >= 15 is 0 Å². The average molecular weight is 335 g/mol. The highest BCUT2D eigenvalue weighted by Crippen LogP contribution is 2.31. The van der Waals surface area contributed by atoms with E-state index in [2.05, 4.69) is 4.98 Å². The number of carbonyl (C=O) groups excluding carboxylic acids is 2. The molecule has 122 valence electrons. The fourth-order valence-electron chi connectivity index (χ4n) is 2.34. The molecular weight excluding hydrogens is 318 g/mol. The summed E-state index contributed by atoms with van der Waals surface area (Å²) in [5, 5.41) is 1.93. The molecule has 0 unspecified atom stereocenters. The van der Waals surface area contributed by atoms with Crippen LogP contribution in [-0.2, 0) is 25.5 Å². The van der Waals surface area contributed by atoms with Crippen LogP contribution in [0.4, 0.5) is 0 Å². The second-order valence-electron chi connectivity index (χ2n) is 6.14. The van der Waals surface area contributed by atoms with Gasteiger partial charge in [0, 0.05) is 5.41 Å². The van der Waals surface area contributed by atoms with Gasteiger partial charge in [-0.2, -0.15) is 0 Å². The minimum Gasteiger partial charge on any atom is -0.462 e. The molecule has 0 saturated carbocycles. The quantitative estimate of drug-likeness (QED) is 0.800. The summed E-state index contributed by atoms with van der Waals surface area (Å²) in [7, 11) is 0. The van der Waals surface area contributed by atoms with Gasteiger partial charge in [-0.25, -0.2) is 9.78 Å². The van der Waals surface area contributed by atoms with Crippen LogP contribution in [-0.4, -0.2) is 29.6 Å². The fourth-order valence-corrected chi connectivity index (χ4v) is 2.99. The molecule has 0 aliphatic carbocycles. The van der Waals surface area contributed by atoms with Crippen LogP contribution in [0.25, 0.3) is 10.8 Å². The third-order valence-corrected chi connectivity index (χ3v) is 4.55. The van der Waals surface area contributed by atoms with Crippen LogP contribution in [0, 0.1) is 12.3 Å². The number of rotatable bonds is 4. The molecule has 1 aliphatic rings. The number of hydrogen-bond donors (Lipinski definition) is 0. The largest absolute Gasteiger partial charge is 0.462 e. The van der Waals surface area contributed by atoms with Crippen LogP contribution < -0.4 is 0 Å². The van der Waals surface area contributed by atoms with Crippen molar-refractivity contribution in [2.45, 2.75) is 33.3 Å². The number of carbonyl (C=O) groups is 2. The number of aromatic nitrogens is 1. The molecule has 1 saturated heterocycles. The summed E-state index contributed by atoms with van der Waals surface area (Å²) >= 11 is 1.51. The molecule has 1 atom stereocenters. The molecule has 1 aliphatic heterocycles. The molecule has 6 nitrogen and oxygen atoms in total. The maximum Gasteiger partial charge on any atom is 0.348 e. The van der Waals surface area contributed by atoms with Gasteiger partial charge in [0.1, 0.15) is 12.4 Å². The molecule has 1 fully saturated rings. The summed E-state index contributed by atoms with van der Waals surface area (Å²) < 4.78 is 15.9. The molecule has 0 amide bonds. The molecule has 2 aromatic rings. The number of esters is 2. The predicted molar refractivity (Wildman–Crippen MR) is 82.9 cm³/mol. The first-order valence-electron chi connectivity index (χ1n) is 7.23. The fraction of sp³-hybridized carbons (Fsp3) is 0.438. The first-order valence-corrected chi connectivity index (χ1v) is 8.11. The Morgan fingerprint density at radius 1 is 1.52 bits per heavy atom. The van der Waals surface area contributed by atoms with Crippen molar-refractivity contribution in [2.75, 3.05) is 6.61 Å². The zero-order chi connectivity index (χ0) is 16.6. The van der Waals surface area contributed by atoms with Crippen molar-refractivity contribution in [1.82, 2.24) is 4.98 Å². The lowest BCUT2D eigenvalue weighted by Gasteiger charge is -2.21. The molecule has 2 aromatic heterocycles. The van der Waals surface area contributed by atoms with Crippen molar-refractivity contribution < 1.29 is 23.5 Å². The number of thiophene rings is 1. The van der Waals surface area contributed by atoms with Gasteiger partial charge >= 0.3 is 11.9 Å². The van der Waals surface area contributed by atoms with Gasteiger partial charge in [0.15, 0.2) is 0 Å². The molecule has 0 radical (unpaired) electrons. The van der Waals surface area contributed by atoms with Crippen molar-refractivity contribution in [3.63, 3.8) is 0 Å². The normalized spacial score (nSPS) is 19.6. The van der Waals surface area contributed by atoms with Crippen molar-refractivity contribution in [1.29, 1.82) is 0 Å². The third kappa shape index (κ3) is 3.14. The first-order chi connectivity index (χ1) is 10.9. The van der Waals surface area contributed by atoms with E-state index in [1.54, 1.807) is 6.92 Å². The summed E-state index contributed by atoms with van der Waals surface area (Å²) in [4.78, 5) is 29.1. The molecular formula is C16H17NO5S. The number of hydrogen-bond acceptors (Lipinski definition) is 7. The van der Waals surface area contributed by atoms with Crippen molar-refractivity contribution in [2.24, 2.45) is 5.41 Å². The SMILES string of the molecule is Cc1oc(-c2cccs2)nc1CC(=O)O[C@H]1C(=O)OCC1(C)C. The van der Waals surface area contributed by atoms with Crippen molar-refractivity contribution in [3.8, 4) is 10.8 Å². The molecule has 3 rings (SSSR count). The Hall–Kier alpha value is -2.15. The molecule has 0 bridgehead atoms. The molecule has 0 spiro atoms. The zero-order valence-corrected chi connectivity index (χ0v) is 13.9. The average Bonchev–Trinajstić information content (AvgIpc) is 3.17. The van der Waals surface area contributed by atoms with E-state index in [1.807, 2.05) is 31.4 Å². The van der Waals surface area contributed by atoms with Crippen LogP contribution in [0.1, 0.15) is 25.3 Å². The van der Waals surface area contributed by atoms with Gasteiger partial charge in [0.25, 0.3) is 0 Å². The lowest BCUT2D eigenvalue weighted by Crippen LogP contribution is -2.35. The maximum absolute atomic E-state index is 12.1. The number of oxazole rings is 1. The Kier molecular flexibility index (Phi) is 3.97. The van der Waals surface area contributed by atoms with Gasteiger partial charge < -0.3 is 13.9 Å². The summed E-state index contributed by atoms with van der Waals surface area (Å²) in [6.07, 6.45) is -0.917. The van der Waals surface area contributed by atoms with Gasteiger partial charge in [0.2, 0.25) is 12.0 Å². The van der Waals surface area contributed by atoms with Gasteiger partial charge in [-0.1, -0.05) is 19.9 Å². The smallest absolute Gasteiger partial charge is 0.348 e. The number of cyclic esters (lactones) is 1. The van der Waals surface area contributed by atoms with Crippen molar-refractivity contribution >= 4 is 23.3 Å². The molecule has 3 heterocycles. The summed E-state index contributed by atoms with van der Waals surface area (Å²) in [6.45, 7) is 5.65. The minimum absolute atomic E-state index is 0.0411. The van der Waals surface area contributed by atoms with Crippen LogP contribution in [0.15, 0.2) is 21.9 Å². The maximum atomic E-state index is 12.1. The van der Waals surface area contributed by atoms with E-state index in [-0.39, 0.29) is 13.0 Å². The first kappa shape index (κ1) is 15.7. The Morgan fingerprint density at radius 3 is 2.91 bits per heavy atom. The summed E-state index contributed by atoms with van der Waals surface area (Å²) in [6, 6.07) is 3.80. The number of ether oxygens (including phenoxy) is 2. The minimum atomic E-state index is -0.876. The standard InChI is InChI=1S/C16H17NO5S/c1-9-10(17-14(21-9)11-5-4-6-23-11)7-12(18)22-13-15(19)20-8-16(13,2)3/h4-6,13H,7-8H2,1-3H3/t13-/m0/s1. The highest BCUT2D eigenvalue weighted by Gasteiger charge is 2.46. The Bertz CT molecular complexity index is 732. The molecule has 0 aromatic carbocycles. The van der Waals surface area contributed by atoms with Gasteiger partial charge in [-0.3, -0.25) is 4.79 Å². The number of nitrogens with zero attached hydrogens (tertiary/aromatic N) is 1. The van der Waals surface area contributed by atoms with Gasteiger partial charge in [-0.15, -0.1) is 11.3 Å². The van der Waals surface area contributed by atoms with E-state index < -0.39 is 23.5 Å². The van der Waals surface area contributed by atoms with Crippen LogP contribution in [0.5, 0.6) is 0 Å². The van der Waals surface area contributed by atoms with Gasteiger partial charge in [0.05, 0.1) is 17.0 Å². The topological polar surface area (TPSA) is 78.6 Å². The van der Waals surface area contributed by atoms with Crippen LogP contribution in [0.3, 0.4) is 0 Å². The lowest BCUT2D eigenvalue weighted by atomic mass is 9.90. The highest BCUT2D eigenvalue weighted by molar-refractivity contribution is 7.13. The summed E-state index contributed by atoms with van der Waals surface area (Å²) in [5.74, 6) is 0.0371. The monoisotopic (exact) mass is 335 g/mol. The molecule has 7 heteroatoms. The zero-order valence-electron chi connectivity index (χ0n) is 13.1. The Balaban J connectivity index is 1.70. The Labute approximate surface area is 137 Å². The van der Waals surface area contributed by atoms with E-state index in [0.717, 1.165) is 4.88 Å². The third-order valence-electron chi connectivity index (χ3n) is 3.70. The van der Waals surface area contributed by atoms with E-state index in [1.165, 1.54) is 11.3 Å². The second kappa shape index (κ2) is 5.81. The van der Waals surface area contributed by atoms with Gasteiger partial charge in [-0.05, 0) is 18.4 Å². The second-order valence-corrected chi connectivity index (χ2v) is 7.09. The van der Waals surface area contributed by atoms with E-state index in [0.29, 0.717) is 17.3 Å². The highest BCUT2D eigenvalue weighted by atomic mass is 32.1. The molecule has 23 heavy (non-hydrogen) atoms. The predicted octanol–water partition coefficient (Wildman–Crippen LogP) is 2.75. The number of aryl methyl sites for hydroxylation is 1.